The van der Waals surface area contributed by atoms with Gasteiger partial charge < -0.3 is 9.84 Å². The fraction of sp³-hybridized carbons (Fsp3) is 0.500. The summed E-state index contributed by atoms with van der Waals surface area (Å²) in [5, 5.41) is 9.73. The molecule has 1 N–H and O–H groups in total. The number of fused-ring (bicyclic) bond motifs is 1. The van der Waals surface area contributed by atoms with Crippen molar-refractivity contribution in [2.45, 2.75) is 38.9 Å². The van der Waals surface area contributed by atoms with E-state index in [1.165, 1.54) is 0 Å². The van der Waals surface area contributed by atoms with Gasteiger partial charge in [-0.15, -0.1) is 0 Å². The van der Waals surface area contributed by atoms with Crippen LogP contribution in [0.1, 0.15) is 37.5 Å². The maximum atomic E-state index is 9.73. The van der Waals surface area contributed by atoms with Gasteiger partial charge in [-0.3, -0.25) is 0 Å². The maximum absolute atomic E-state index is 9.73. The van der Waals surface area contributed by atoms with Gasteiger partial charge in [0.15, 0.2) is 0 Å². The summed E-state index contributed by atoms with van der Waals surface area (Å²) in [7, 11) is 0. The van der Waals surface area contributed by atoms with E-state index >= 15 is 0 Å². The first-order chi connectivity index (χ1) is 6.72. The summed E-state index contributed by atoms with van der Waals surface area (Å²) in [6.45, 7) is 4.16. The van der Waals surface area contributed by atoms with Crippen LogP contribution in [-0.4, -0.2) is 11.2 Å². The topological polar surface area (TPSA) is 29.5 Å². The molecule has 1 heterocycles. The van der Waals surface area contributed by atoms with Gasteiger partial charge in [-0.25, -0.2) is 0 Å². The van der Waals surface area contributed by atoms with E-state index in [1.807, 2.05) is 19.1 Å². The van der Waals surface area contributed by atoms with Crippen LogP contribution in [0.15, 0.2) is 18.2 Å². The van der Waals surface area contributed by atoms with E-state index in [-0.39, 0.29) is 12.2 Å². The van der Waals surface area contributed by atoms with Crippen LogP contribution in [0.25, 0.3) is 0 Å². The third-order valence-electron chi connectivity index (χ3n) is 2.91. The molecule has 0 bridgehead atoms. The number of phenols is 1. The predicted molar refractivity (Wildman–Crippen MR) is 55.4 cm³/mol. The van der Waals surface area contributed by atoms with E-state index in [0.29, 0.717) is 5.75 Å². The van der Waals surface area contributed by atoms with E-state index in [9.17, 15) is 5.11 Å². The number of hydrogen-bond donors (Lipinski definition) is 1. The molecule has 0 fully saturated rings. The van der Waals surface area contributed by atoms with Gasteiger partial charge in [0.25, 0.3) is 0 Å². The molecule has 0 saturated heterocycles. The zero-order valence-corrected chi connectivity index (χ0v) is 8.66. The Kier molecular flexibility index (Phi) is 2.46. The van der Waals surface area contributed by atoms with Gasteiger partial charge in [0.2, 0.25) is 0 Å². The third-order valence-corrected chi connectivity index (χ3v) is 2.91. The Morgan fingerprint density at radius 3 is 3.00 bits per heavy atom. The molecule has 2 unspecified atom stereocenters. The summed E-state index contributed by atoms with van der Waals surface area (Å²) in [6, 6.07) is 5.66. The molecular weight excluding hydrogens is 176 g/mol. The fourth-order valence-electron chi connectivity index (χ4n) is 2.07. The molecule has 76 valence electrons. The summed E-state index contributed by atoms with van der Waals surface area (Å²) in [4.78, 5) is 0. The highest BCUT2D eigenvalue weighted by atomic mass is 16.5. The van der Waals surface area contributed by atoms with Crippen LogP contribution in [0, 0.1) is 0 Å². The molecule has 14 heavy (non-hydrogen) atoms. The zero-order valence-electron chi connectivity index (χ0n) is 8.66. The van der Waals surface area contributed by atoms with Crippen molar-refractivity contribution < 1.29 is 9.84 Å². The summed E-state index contributed by atoms with van der Waals surface area (Å²) in [5.74, 6) is 0.413. The van der Waals surface area contributed by atoms with Gasteiger partial charge in [-0.05, 0) is 25.0 Å². The number of phenolic OH excluding ortho intramolecular Hbond substituents is 1. The fourth-order valence-corrected chi connectivity index (χ4v) is 2.07. The highest BCUT2D eigenvalue weighted by molar-refractivity contribution is 5.41. The molecule has 0 aromatic heterocycles. The zero-order chi connectivity index (χ0) is 10.1. The molecule has 2 atom stereocenters. The van der Waals surface area contributed by atoms with Crippen LogP contribution >= 0.6 is 0 Å². The van der Waals surface area contributed by atoms with Crippen molar-refractivity contribution in [2.24, 2.45) is 0 Å². The minimum Gasteiger partial charge on any atom is -0.508 e. The molecule has 0 spiro atoms. The van der Waals surface area contributed by atoms with Crippen LogP contribution < -0.4 is 0 Å². The lowest BCUT2D eigenvalue weighted by atomic mass is 9.93. The van der Waals surface area contributed by atoms with Crippen molar-refractivity contribution in [1.82, 2.24) is 0 Å². The van der Waals surface area contributed by atoms with Crippen LogP contribution in [0.4, 0.5) is 0 Å². The predicted octanol–water partition coefficient (Wildman–Crippen LogP) is 2.80. The van der Waals surface area contributed by atoms with Crippen molar-refractivity contribution >= 4 is 0 Å². The average Bonchev–Trinajstić information content (AvgIpc) is 2.19. The minimum absolute atomic E-state index is 0.107. The van der Waals surface area contributed by atoms with E-state index in [2.05, 4.69) is 6.92 Å². The number of hydrogen-bond acceptors (Lipinski definition) is 2. The molecule has 0 radical (unpaired) electrons. The average molecular weight is 192 g/mol. The number of aromatic hydroxyl groups is 1. The molecule has 2 heteroatoms. The second-order valence-corrected chi connectivity index (χ2v) is 3.86. The Morgan fingerprint density at radius 2 is 2.29 bits per heavy atom. The normalized spacial score (nSPS) is 25.9. The molecule has 0 saturated carbocycles. The smallest absolute Gasteiger partial charge is 0.119 e. The highest BCUT2D eigenvalue weighted by Crippen LogP contribution is 2.35. The second kappa shape index (κ2) is 3.62. The molecular formula is C12H16O2. The summed E-state index contributed by atoms with van der Waals surface area (Å²) in [5.41, 5.74) is 2.20. The monoisotopic (exact) mass is 192 g/mol. The van der Waals surface area contributed by atoms with Crippen molar-refractivity contribution in [1.29, 1.82) is 0 Å². The van der Waals surface area contributed by atoms with Gasteiger partial charge >= 0.3 is 0 Å². The summed E-state index contributed by atoms with van der Waals surface area (Å²) in [6.07, 6.45) is 2.20. The number of rotatable bonds is 1. The van der Waals surface area contributed by atoms with Crippen molar-refractivity contribution in [3.05, 3.63) is 29.3 Å². The standard InChI is InChI=1S/C12H16O2/c1-3-9-7-11-10(8(2)14-9)5-4-6-12(11)13/h4-6,8-9,13H,3,7H2,1-2H3. The second-order valence-electron chi connectivity index (χ2n) is 3.86. The Bertz CT molecular complexity index is 333. The van der Waals surface area contributed by atoms with Gasteiger partial charge in [-0.1, -0.05) is 19.1 Å². The third kappa shape index (κ3) is 1.50. The largest absolute Gasteiger partial charge is 0.508 e. The lowest BCUT2D eigenvalue weighted by molar-refractivity contribution is -0.0176. The molecule has 1 aliphatic rings. The molecule has 1 aromatic rings. The highest BCUT2D eigenvalue weighted by Gasteiger charge is 2.25. The maximum Gasteiger partial charge on any atom is 0.119 e. The van der Waals surface area contributed by atoms with Gasteiger partial charge in [-0.2, -0.15) is 0 Å². The lowest BCUT2D eigenvalue weighted by Crippen LogP contribution is -2.24. The van der Waals surface area contributed by atoms with E-state index in [1.54, 1.807) is 6.07 Å². The number of ether oxygens (including phenoxy) is 1. The Balaban J connectivity index is 2.40. The minimum atomic E-state index is 0.107. The molecule has 1 aromatic carbocycles. The van der Waals surface area contributed by atoms with Crippen LogP contribution in [0.5, 0.6) is 5.75 Å². The first-order valence-electron chi connectivity index (χ1n) is 5.18. The molecule has 0 amide bonds. The van der Waals surface area contributed by atoms with Gasteiger partial charge in [0.1, 0.15) is 5.75 Å². The van der Waals surface area contributed by atoms with Gasteiger partial charge in [0, 0.05) is 12.0 Å². The SMILES string of the molecule is CCC1Cc2c(O)cccc2C(C)O1. The van der Waals surface area contributed by atoms with E-state index in [0.717, 1.165) is 24.0 Å². The van der Waals surface area contributed by atoms with Crippen molar-refractivity contribution in [2.75, 3.05) is 0 Å². The first-order valence-corrected chi connectivity index (χ1v) is 5.18. The van der Waals surface area contributed by atoms with Crippen molar-refractivity contribution in [3.8, 4) is 5.75 Å². The van der Waals surface area contributed by atoms with Crippen LogP contribution in [0.2, 0.25) is 0 Å². The summed E-state index contributed by atoms with van der Waals surface area (Å²) < 4.78 is 5.81. The van der Waals surface area contributed by atoms with Crippen molar-refractivity contribution in [3.63, 3.8) is 0 Å². The molecule has 2 rings (SSSR count). The summed E-state index contributed by atoms with van der Waals surface area (Å²) >= 11 is 0. The molecule has 0 aliphatic carbocycles. The van der Waals surface area contributed by atoms with Gasteiger partial charge in [0.05, 0.1) is 12.2 Å². The Morgan fingerprint density at radius 1 is 1.50 bits per heavy atom. The quantitative estimate of drug-likeness (QED) is 0.741. The van der Waals surface area contributed by atoms with Crippen LogP contribution in [0.3, 0.4) is 0 Å². The molecule has 1 aliphatic heterocycles. The van der Waals surface area contributed by atoms with E-state index in [4.69, 9.17) is 4.74 Å². The Hall–Kier alpha value is -1.02. The molecule has 2 nitrogen and oxygen atoms in total. The van der Waals surface area contributed by atoms with Crippen LogP contribution in [-0.2, 0) is 11.2 Å². The van der Waals surface area contributed by atoms with E-state index < -0.39 is 0 Å². The first kappa shape index (κ1) is 9.53. The lowest BCUT2D eigenvalue weighted by Gasteiger charge is -2.30. The number of benzene rings is 1. The Labute approximate surface area is 84.5 Å².